The molecule has 2 heteroatoms. The van der Waals surface area contributed by atoms with E-state index in [1.54, 1.807) is 0 Å². The molecule has 3 aromatic carbocycles. The van der Waals surface area contributed by atoms with E-state index in [0.29, 0.717) is 29.9 Å². The molecule has 0 atom stereocenters. The van der Waals surface area contributed by atoms with E-state index in [1.165, 1.54) is 17.8 Å². The topological polar surface area (TPSA) is 0 Å². The maximum absolute atomic E-state index is 3.45. The molecule has 0 fully saturated rings. The Morgan fingerprint density at radius 1 is 0.600 bits per heavy atom. The Balaban J connectivity index is 1.85. The summed E-state index contributed by atoms with van der Waals surface area (Å²) in [7, 11) is 0. The molecule has 3 rings (SSSR count). The maximum atomic E-state index is 3.45. The van der Waals surface area contributed by atoms with Gasteiger partial charge in [0.2, 0.25) is 0 Å². The Labute approximate surface area is 132 Å². The molecule has 0 spiro atoms. The molecule has 0 aromatic heterocycles. The van der Waals surface area contributed by atoms with Crippen molar-refractivity contribution >= 4 is 47.8 Å². The van der Waals surface area contributed by atoms with Crippen LogP contribution in [0.3, 0.4) is 0 Å². The van der Waals surface area contributed by atoms with Crippen molar-refractivity contribution in [2.24, 2.45) is 0 Å². The van der Waals surface area contributed by atoms with Crippen LogP contribution in [0, 0.1) is 6.07 Å². The molecule has 1 radical (unpaired) electrons. The van der Waals surface area contributed by atoms with Crippen LogP contribution in [0.25, 0.3) is 0 Å². The molecule has 0 saturated heterocycles. The van der Waals surface area contributed by atoms with Crippen LogP contribution >= 0.6 is 0 Å². The van der Waals surface area contributed by atoms with E-state index in [-0.39, 0.29) is 0 Å². The first-order valence-corrected chi connectivity index (χ1v) is 9.81. The van der Waals surface area contributed by atoms with Crippen LogP contribution < -0.4 is 17.8 Å². The Bertz CT molecular complexity index is 603. The van der Waals surface area contributed by atoms with E-state index in [0.717, 1.165) is 0 Å². The number of hydrogen-bond acceptors (Lipinski definition) is 0. The normalized spacial score (nSPS) is 10.4. The first kappa shape index (κ1) is 13.7. The molecule has 0 bridgehead atoms. The van der Waals surface area contributed by atoms with Crippen molar-refractivity contribution in [1.29, 1.82) is 0 Å². The Morgan fingerprint density at radius 3 is 1.85 bits per heavy atom. The van der Waals surface area contributed by atoms with Gasteiger partial charge in [0.25, 0.3) is 0 Å². The monoisotopic (exact) mass is 389 g/mol. The molecule has 3 aromatic rings. The minimum absolute atomic E-state index is 0.342. The Morgan fingerprint density at radius 2 is 1.20 bits per heavy atom. The van der Waals surface area contributed by atoms with Gasteiger partial charge in [-0.2, -0.15) is 0 Å². The third-order valence-electron chi connectivity index (χ3n) is 2.72. The first-order chi connectivity index (χ1) is 9.92. The van der Waals surface area contributed by atoms with Gasteiger partial charge in [-0.05, 0) is 0 Å². The van der Waals surface area contributed by atoms with E-state index >= 15 is 0 Å². The summed E-state index contributed by atoms with van der Waals surface area (Å²) in [4.78, 5) is 0. The number of rotatable bonds is 4. The second-order valence-corrected chi connectivity index (χ2v) is 8.81. The van der Waals surface area contributed by atoms with Crippen molar-refractivity contribution < 1.29 is 0 Å². The molecule has 0 saturated carbocycles. The fraction of sp³-hybridized carbons (Fsp3) is 0. The average molecular weight is 387 g/mol. The van der Waals surface area contributed by atoms with Gasteiger partial charge in [-0.1, -0.05) is 0 Å². The summed E-state index contributed by atoms with van der Waals surface area (Å²) in [6.45, 7) is 0. The van der Waals surface area contributed by atoms with Crippen LogP contribution in [-0.2, 0) is 0 Å². The molecule has 0 aliphatic rings. The van der Waals surface area contributed by atoms with E-state index in [1.807, 2.05) is 6.07 Å². The zero-order valence-electron chi connectivity index (χ0n) is 10.8. The Kier molecular flexibility index (Phi) is 4.73. The summed E-state index contributed by atoms with van der Waals surface area (Å²) in [5.41, 5.74) is 0. The van der Waals surface area contributed by atoms with Crippen molar-refractivity contribution in [3.63, 3.8) is 0 Å². The summed E-state index contributed by atoms with van der Waals surface area (Å²) < 4.78 is 5.67. The Hall–Kier alpha value is -1.30. The molecule has 0 unspecified atom stereocenters. The minimum atomic E-state index is 0.342. The van der Waals surface area contributed by atoms with E-state index in [9.17, 15) is 0 Å². The van der Waals surface area contributed by atoms with Crippen LogP contribution in [0.5, 0.6) is 0 Å². The van der Waals surface area contributed by atoms with Gasteiger partial charge in [-0.25, -0.2) is 0 Å². The van der Waals surface area contributed by atoms with Gasteiger partial charge in [0.1, 0.15) is 0 Å². The molecule has 0 aliphatic carbocycles. The van der Waals surface area contributed by atoms with Gasteiger partial charge in [0.15, 0.2) is 0 Å². The fourth-order valence-electron chi connectivity index (χ4n) is 1.79. The molecule has 0 amide bonds. The summed E-state index contributed by atoms with van der Waals surface area (Å²) in [6, 6.07) is 31.3. The zero-order chi connectivity index (χ0) is 13.6. The molecule has 0 nitrogen and oxygen atoms in total. The fourth-order valence-corrected chi connectivity index (χ4v) is 6.20. The third kappa shape index (κ3) is 3.62. The zero-order valence-corrected chi connectivity index (χ0v) is 14.2. The van der Waals surface area contributed by atoms with Crippen LogP contribution in [-0.4, -0.2) is 29.9 Å². The summed E-state index contributed by atoms with van der Waals surface area (Å²) >= 11 is 0.708. The molecule has 0 N–H and O–H groups in total. The van der Waals surface area contributed by atoms with Gasteiger partial charge in [0, 0.05) is 0 Å². The summed E-state index contributed by atoms with van der Waals surface area (Å²) in [5.74, 6) is 0. The SMILES string of the molecule is [c]1cccc([Se]c2ccccc2)c1[Se]c1ccccc1. The molecule has 97 valence electrons. The predicted octanol–water partition coefficient (Wildman–Crippen LogP) is 0.797. The van der Waals surface area contributed by atoms with Gasteiger partial charge in [-0.15, -0.1) is 0 Å². The summed E-state index contributed by atoms with van der Waals surface area (Å²) in [6.07, 6.45) is 0. The van der Waals surface area contributed by atoms with Gasteiger partial charge < -0.3 is 0 Å². The van der Waals surface area contributed by atoms with Gasteiger partial charge in [-0.3, -0.25) is 0 Å². The second kappa shape index (κ2) is 6.92. The van der Waals surface area contributed by atoms with Crippen molar-refractivity contribution in [1.82, 2.24) is 0 Å². The van der Waals surface area contributed by atoms with Crippen LogP contribution in [0.4, 0.5) is 0 Å². The van der Waals surface area contributed by atoms with Crippen molar-refractivity contribution in [2.75, 3.05) is 0 Å². The molecule has 0 aliphatic heterocycles. The second-order valence-electron chi connectivity index (χ2n) is 4.19. The summed E-state index contributed by atoms with van der Waals surface area (Å²) in [5, 5.41) is 0. The van der Waals surface area contributed by atoms with Crippen LogP contribution in [0.2, 0.25) is 0 Å². The van der Waals surface area contributed by atoms with Crippen LogP contribution in [0.15, 0.2) is 78.9 Å². The quantitative estimate of drug-likeness (QED) is 0.581. The molecular formula is C18H13Se2. The standard InChI is InChI=1S/C18H13Se2/c1-3-9-15(10-4-1)19-17-13-7-8-14-18(17)20-16-11-5-2-6-12-16/h1-13H. The number of hydrogen-bond donors (Lipinski definition) is 0. The van der Waals surface area contributed by atoms with Crippen molar-refractivity contribution in [3.05, 3.63) is 84.9 Å². The van der Waals surface area contributed by atoms with E-state index in [4.69, 9.17) is 0 Å². The van der Waals surface area contributed by atoms with Crippen molar-refractivity contribution in [2.45, 2.75) is 0 Å². The first-order valence-electron chi connectivity index (χ1n) is 6.38. The number of benzene rings is 3. The van der Waals surface area contributed by atoms with E-state index < -0.39 is 0 Å². The third-order valence-corrected chi connectivity index (χ3v) is 7.81. The van der Waals surface area contributed by atoms with Gasteiger partial charge >= 0.3 is 133 Å². The van der Waals surface area contributed by atoms with Gasteiger partial charge in [0.05, 0.1) is 0 Å². The van der Waals surface area contributed by atoms with E-state index in [2.05, 4.69) is 78.9 Å². The molecule has 20 heavy (non-hydrogen) atoms. The van der Waals surface area contributed by atoms with Crippen molar-refractivity contribution in [3.8, 4) is 0 Å². The predicted molar refractivity (Wildman–Crippen MR) is 88.2 cm³/mol. The molecule has 0 heterocycles. The molecular weight excluding hydrogens is 374 g/mol. The average Bonchev–Trinajstić information content (AvgIpc) is 2.51. The van der Waals surface area contributed by atoms with Crippen LogP contribution in [0.1, 0.15) is 0 Å².